The Morgan fingerprint density at radius 1 is 1.19 bits per heavy atom. The number of hydrogen-bond donors (Lipinski definition) is 3. The molecule has 0 radical (unpaired) electrons. The molecular formula is C22H27ClN6O2. The molecule has 1 amide bonds. The molecule has 0 aliphatic heterocycles. The minimum Gasteiger partial charge on any atom is -0.444 e. The number of carbonyl (C=O) groups excluding carboxylic acids is 1. The van der Waals surface area contributed by atoms with Crippen molar-refractivity contribution in [3.05, 3.63) is 35.5 Å². The second-order valence-electron chi connectivity index (χ2n) is 8.86. The summed E-state index contributed by atoms with van der Waals surface area (Å²) >= 11 is 6.40. The highest BCUT2D eigenvalue weighted by Crippen LogP contribution is 2.31. The van der Waals surface area contributed by atoms with Crippen molar-refractivity contribution in [2.45, 2.75) is 64.1 Å². The fourth-order valence-corrected chi connectivity index (χ4v) is 4.04. The number of fused-ring (bicyclic) bond motifs is 1. The maximum Gasteiger partial charge on any atom is 0.407 e. The number of aromatic nitrogens is 4. The van der Waals surface area contributed by atoms with Crippen molar-refractivity contribution >= 4 is 34.5 Å². The van der Waals surface area contributed by atoms with Crippen molar-refractivity contribution in [2.24, 2.45) is 0 Å². The molecule has 1 aromatic carbocycles. The van der Waals surface area contributed by atoms with Crippen molar-refractivity contribution in [1.82, 2.24) is 25.5 Å². The molecular weight excluding hydrogens is 416 g/mol. The quantitative estimate of drug-likeness (QED) is 0.529. The Morgan fingerprint density at radius 3 is 2.77 bits per heavy atom. The molecule has 0 saturated heterocycles. The molecule has 3 aromatic rings. The molecule has 8 nitrogen and oxygen atoms in total. The molecule has 0 bridgehead atoms. The number of carbonyl (C=O) groups is 1. The summed E-state index contributed by atoms with van der Waals surface area (Å²) in [5.74, 6) is 0.495. The summed E-state index contributed by atoms with van der Waals surface area (Å²) in [5, 5.41) is 15.2. The lowest BCUT2D eigenvalue weighted by Crippen LogP contribution is -2.44. The van der Waals surface area contributed by atoms with E-state index in [1.165, 1.54) is 0 Å². The molecule has 1 saturated carbocycles. The van der Waals surface area contributed by atoms with Gasteiger partial charge in [-0.3, -0.25) is 5.10 Å². The van der Waals surface area contributed by atoms with Gasteiger partial charge in [0.2, 0.25) is 5.95 Å². The van der Waals surface area contributed by atoms with E-state index in [1.54, 1.807) is 6.20 Å². The van der Waals surface area contributed by atoms with Crippen LogP contribution in [0.2, 0.25) is 5.02 Å². The van der Waals surface area contributed by atoms with Gasteiger partial charge in [-0.05, 0) is 52.5 Å². The normalized spacial score (nSPS) is 19.2. The van der Waals surface area contributed by atoms with E-state index >= 15 is 0 Å². The van der Waals surface area contributed by atoms with Crippen molar-refractivity contribution < 1.29 is 9.53 Å². The topological polar surface area (TPSA) is 105 Å². The van der Waals surface area contributed by atoms with Crippen molar-refractivity contribution in [3.8, 4) is 11.4 Å². The number of para-hydroxylation sites is 1. The lowest BCUT2D eigenvalue weighted by molar-refractivity contribution is 0.0492. The Balaban J connectivity index is 1.46. The van der Waals surface area contributed by atoms with Gasteiger partial charge >= 0.3 is 6.09 Å². The van der Waals surface area contributed by atoms with Crippen molar-refractivity contribution in [3.63, 3.8) is 0 Å². The third kappa shape index (κ3) is 5.25. The van der Waals surface area contributed by atoms with Gasteiger partial charge in [-0.1, -0.05) is 29.8 Å². The summed E-state index contributed by atoms with van der Waals surface area (Å²) < 4.78 is 5.38. The monoisotopic (exact) mass is 442 g/mol. The minimum atomic E-state index is -0.514. The van der Waals surface area contributed by atoms with Crippen LogP contribution in [0.5, 0.6) is 0 Å². The first-order valence-electron chi connectivity index (χ1n) is 10.5. The van der Waals surface area contributed by atoms with E-state index in [-0.39, 0.29) is 18.2 Å². The summed E-state index contributed by atoms with van der Waals surface area (Å²) in [6.07, 6.45) is 4.86. The van der Waals surface area contributed by atoms with Crippen LogP contribution in [0, 0.1) is 0 Å². The first-order chi connectivity index (χ1) is 14.8. The standard InChI is InChI=1S/C22H27ClN6O2/c1-22(2,3)31-21(30)26-14-8-6-7-13(11-14)25-20-24-12-16(23)19(27-20)18-15-9-4-5-10-17(15)28-29-18/h4-5,9-10,12-14H,6-8,11H2,1-3H3,(H,26,30)(H,28,29)(H,24,25,27). The van der Waals surface area contributed by atoms with Crippen LogP contribution >= 0.6 is 11.6 Å². The summed E-state index contributed by atoms with van der Waals surface area (Å²) in [6, 6.07) is 8.02. The number of halogens is 1. The van der Waals surface area contributed by atoms with Gasteiger partial charge in [0.15, 0.2) is 0 Å². The van der Waals surface area contributed by atoms with Gasteiger partial charge in [-0.15, -0.1) is 0 Å². The van der Waals surface area contributed by atoms with E-state index in [4.69, 9.17) is 16.3 Å². The second-order valence-corrected chi connectivity index (χ2v) is 9.27. The zero-order chi connectivity index (χ0) is 22.0. The Morgan fingerprint density at radius 2 is 1.97 bits per heavy atom. The van der Waals surface area contributed by atoms with E-state index in [0.29, 0.717) is 22.4 Å². The van der Waals surface area contributed by atoms with E-state index in [1.807, 2.05) is 45.0 Å². The van der Waals surface area contributed by atoms with Crippen LogP contribution in [0.3, 0.4) is 0 Å². The van der Waals surface area contributed by atoms with Crippen LogP contribution in [0.1, 0.15) is 46.5 Å². The predicted octanol–water partition coefficient (Wildman–Crippen LogP) is 4.92. The number of benzene rings is 1. The molecule has 9 heteroatoms. The highest BCUT2D eigenvalue weighted by molar-refractivity contribution is 6.33. The Kier molecular flexibility index (Phi) is 6.00. The minimum absolute atomic E-state index is 0.0446. The molecule has 2 heterocycles. The van der Waals surface area contributed by atoms with E-state index in [2.05, 4.69) is 30.8 Å². The van der Waals surface area contributed by atoms with Crippen LogP contribution in [-0.2, 0) is 4.74 Å². The maximum absolute atomic E-state index is 12.1. The van der Waals surface area contributed by atoms with E-state index < -0.39 is 5.60 Å². The fraction of sp³-hybridized carbons (Fsp3) is 0.455. The van der Waals surface area contributed by atoms with E-state index in [9.17, 15) is 4.79 Å². The van der Waals surface area contributed by atoms with Crippen LogP contribution in [0.25, 0.3) is 22.3 Å². The number of nitrogens with one attached hydrogen (secondary N) is 3. The second kappa shape index (κ2) is 8.70. The zero-order valence-corrected chi connectivity index (χ0v) is 18.7. The number of alkyl carbamates (subject to hydrolysis) is 1. The lowest BCUT2D eigenvalue weighted by Gasteiger charge is -2.31. The van der Waals surface area contributed by atoms with Crippen LogP contribution in [-0.4, -0.2) is 43.9 Å². The molecule has 3 N–H and O–H groups in total. The van der Waals surface area contributed by atoms with Gasteiger partial charge in [-0.25, -0.2) is 14.8 Å². The van der Waals surface area contributed by atoms with Gasteiger partial charge in [0.1, 0.15) is 17.0 Å². The molecule has 164 valence electrons. The molecule has 31 heavy (non-hydrogen) atoms. The molecule has 2 aromatic heterocycles. The Labute approximate surface area is 186 Å². The van der Waals surface area contributed by atoms with Gasteiger partial charge < -0.3 is 15.4 Å². The molecule has 1 aliphatic carbocycles. The Hall–Kier alpha value is -2.87. The number of H-pyrrole nitrogens is 1. The molecule has 0 spiro atoms. The van der Waals surface area contributed by atoms with Gasteiger partial charge in [0.25, 0.3) is 0 Å². The average molecular weight is 443 g/mol. The van der Waals surface area contributed by atoms with Crippen molar-refractivity contribution in [2.75, 3.05) is 5.32 Å². The fourth-order valence-electron chi connectivity index (χ4n) is 3.86. The third-order valence-corrected chi connectivity index (χ3v) is 5.44. The summed E-state index contributed by atoms with van der Waals surface area (Å²) in [6.45, 7) is 5.57. The third-order valence-electron chi connectivity index (χ3n) is 5.17. The van der Waals surface area contributed by atoms with Gasteiger partial charge in [0, 0.05) is 17.5 Å². The highest BCUT2D eigenvalue weighted by Gasteiger charge is 2.26. The lowest BCUT2D eigenvalue weighted by atomic mass is 9.91. The summed E-state index contributed by atoms with van der Waals surface area (Å²) in [5.41, 5.74) is 1.68. The number of rotatable bonds is 4. The Bertz CT molecular complexity index is 1080. The van der Waals surface area contributed by atoms with Gasteiger partial charge in [-0.2, -0.15) is 5.10 Å². The predicted molar refractivity (Wildman–Crippen MR) is 121 cm³/mol. The maximum atomic E-state index is 12.1. The number of ether oxygens (including phenoxy) is 1. The first-order valence-corrected chi connectivity index (χ1v) is 10.9. The van der Waals surface area contributed by atoms with Crippen molar-refractivity contribution in [1.29, 1.82) is 0 Å². The zero-order valence-electron chi connectivity index (χ0n) is 17.9. The van der Waals surface area contributed by atoms with Crippen LogP contribution < -0.4 is 10.6 Å². The number of nitrogens with zero attached hydrogens (tertiary/aromatic N) is 3. The molecule has 4 rings (SSSR count). The average Bonchev–Trinajstić information content (AvgIpc) is 3.12. The summed E-state index contributed by atoms with van der Waals surface area (Å²) in [7, 11) is 0. The highest BCUT2D eigenvalue weighted by atomic mass is 35.5. The van der Waals surface area contributed by atoms with Gasteiger partial charge in [0.05, 0.1) is 16.7 Å². The number of anilines is 1. The molecule has 2 atom stereocenters. The summed E-state index contributed by atoms with van der Waals surface area (Å²) in [4.78, 5) is 21.1. The van der Waals surface area contributed by atoms with Crippen LogP contribution in [0.15, 0.2) is 30.5 Å². The first kappa shape index (κ1) is 21.4. The van der Waals surface area contributed by atoms with Crippen LogP contribution in [0.4, 0.5) is 10.7 Å². The number of amides is 1. The molecule has 1 aliphatic rings. The van der Waals surface area contributed by atoms with E-state index in [0.717, 1.165) is 36.6 Å². The smallest absolute Gasteiger partial charge is 0.407 e. The number of aromatic amines is 1. The largest absolute Gasteiger partial charge is 0.444 e. The number of hydrogen-bond acceptors (Lipinski definition) is 6. The molecule has 1 fully saturated rings. The SMILES string of the molecule is CC(C)(C)OC(=O)NC1CCCC(Nc2ncc(Cl)c(-c3n[nH]c4ccccc34)n2)C1. The molecule has 2 unspecified atom stereocenters.